The van der Waals surface area contributed by atoms with Gasteiger partial charge in [-0.05, 0) is 19.1 Å². The fourth-order valence-electron chi connectivity index (χ4n) is 1.92. The second-order valence-corrected chi connectivity index (χ2v) is 4.21. The molecular weight excluding hydrogens is 276 g/mol. The lowest BCUT2D eigenvalue weighted by Gasteiger charge is -2.06. The SMILES string of the molecule is CCOc1nc2c(cnn2Cc2ccco2)nc1C(=O)O. The van der Waals surface area contributed by atoms with Gasteiger partial charge in [0, 0.05) is 0 Å². The highest BCUT2D eigenvalue weighted by Gasteiger charge is 2.19. The lowest BCUT2D eigenvalue weighted by Crippen LogP contribution is -2.09. The molecule has 0 saturated heterocycles. The van der Waals surface area contributed by atoms with E-state index >= 15 is 0 Å². The average Bonchev–Trinajstić information content (AvgIpc) is 3.09. The number of furan rings is 1. The summed E-state index contributed by atoms with van der Waals surface area (Å²) in [6.45, 7) is 2.42. The zero-order chi connectivity index (χ0) is 14.8. The monoisotopic (exact) mass is 288 g/mol. The van der Waals surface area contributed by atoms with Gasteiger partial charge in [-0.2, -0.15) is 10.1 Å². The Bertz CT molecular complexity index is 779. The van der Waals surface area contributed by atoms with Crippen molar-refractivity contribution in [1.82, 2.24) is 19.7 Å². The van der Waals surface area contributed by atoms with E-state index in [9.17, 15) is 4.79 Å². The Morgan fingerprint density at radius 3 is 3.00 bits per heavy atom. The molecule has 3 heterocycles. The van der Waals surface area contributed by atoms with Crippen molar-refractivity contribution in [2.45, 2.75) is 13.5 Å². The zero-order valence-electron chi connectivity index (χ0n) is 11.2. The maximum absolute atomic E-state index is 11.2. The molecule has 0 unspecified atom stereocenters. The van der Waals surface area contributed by atoms with E-state index in [4.69, 9.17) is 14.3 Å². The summed E-state index contributed by atoms with van der Waals surface area (Å²) in [5, 5.41) is 13.3. The largest absolute Gasteiger partial charge is 0.476 e. The molecule has 0 aromatic carbocycles. The Morgan fingerprint density at radius 1 is 1.48 bits per heavy atom. The number of fused-ring (bicyclic) bond motifs is 1. The molecule has 3 rings (SSSR count). The second-order valence-electron chi connectivity index (χ2n) is 4.21. The average molecular weight is 288 g/mol. The fourth-order valence-corrected chi connectivity index (χ4v) is 1.92. The van der Waals surface area contributed by atoms with Crippen LogP contribution in [0.15, 0.2) is 29.0 Å². The molecule has 0 saturated carbocycles. The lowest BCUT2D eigenvalue weighted by atomic mass is 10.4. The number of aromatic nitrogens is 4. The topological polar surface area (TPSA) is 103 Å². The summed E-state index contributed by atoms with van der Waals surface area (Å²) in [4.78, 5) is 19.4. The minimum Gasteiger partial charge on any atom is -0.476 e. The van der Waals surface area contributed by atoms with E-state index in [-0.39, 0.29) is 11.6 Å². The van der Waals surface area contributed by atoms with Gasteiger partial charge >= 0.3 is 5.97 Å². The number of carboxylic acid groups (broad SMARTS) is 1. The molecule has 0 bridgehead atoms. The zero-order valence-corrected chi connectivity index (χ0v) is 11.2. The Labute approximate surface area is 119 Å². The van der Waals surface area contributed by atoms with Gasteiger partial charge in [0.25, 0.3) is 0 Å². The molecule has 3 aromatic heterocycles. The maximum atomic E-state index is 11.2. The van der Waals surface area contributed by atoms with Crippen LogP contribution in [0.1, 0.15) is 23.2 Å². The predicted octanol–water partition coefficient (Wildman–Crippen LogP) is 1.56. The molecule has 0 atom stereocenters. The van der Waals surface area contributed by atoms with Crippen molar-refractivity contribution in [3.05, 3.63) is 36.0 Å². The number of aromatic carboxylic acids is 1. The van der Waals surface area contributed by atoms with Crippen LogP contribution in [0.25, 0.3) is 11.2 Å². The van der Waals surface area contributed by atoms with Crippen molar-refractivity contribution in [3.8, 4) is 5.88 Å². The van der Waals surface area contributed by atoms with E-state index in [1.54, 1.807) is 23.9 Å². The van der Waals surface area contributed by atoms with Gasteiger partial charge in [0.1, 0.15) is 17.8 Å². The van der Waals surface area contributed by atoms with Crippen molar-refractivity contribution >= 4 is 17.1 Å². The van der Waals surface area contributed by atoms with Gasteiger partial charge in [0.05, 0.1) is 19.1 Å². The normalized spacial score (nSPS) is 10.9. The number of hydrogen-bond acceptors (Lipinski definition) is 6. The van der Waals surface area contributed by atoms with Crippen LogP contribution in [0.5, 0.6) is 5.88 Å². The van der Waals surface area contributed by atoms with E-state index < -0.39 is 5.97 Å². The quantitative estimate of drug-likeness (QED) is 0.759. The first kappa shape index (κ1) is 13.1. The number of hydrogen-bond donors (Lipinski definition) is 1. The van der Waals surface area contributed by atoms with E-state index in [1.165, 1.54) is 6.20 Å². The van der Waals surface area contributed by atoms with Crippen molar-refractivity contribution in [3.63, 3.8) is 0 Å². The molecule has 3 aromatic rings. The molecule has 0 aliphatic carbocycles. The highest BCUT2D eigenvalue weighted by Crippen LogP contribution is 2.19. The summed E-state index contributed by atoms with van der Waals surface area (Å²) < 4.78 is 12.1. The summed E-state index contributed by atoms with van der Waals surface area (Å²) in [6.07, 6.45) is 3.04. The summed E-state index contributed by atoms with van der Waals surface area (Å²) in [6, 6.07) is 3.59. The van der Waals surface area contributed by atoms with E-state index in [2.05, 4.69) is 15.1 Å². The maximum Gasteiger partial charge on any atom is 0.360 e. The van der Waals surface area contributed by atoms with Gasteiger partial charge in [0.2, 0.25) is 11.6 Å². The molecule has 0 aliphatic heterocycles. The highest BCUT2D eigenvalue weighted by atomic mass is 16.5. The molecule has 0 fully saturated rings. The van der Waals surface area contributed by atoms with Crippen LogP contribution in [0.3, 0.4) is 0 Å². The summed E-state index contributed by atoms with van der Waals surface area (Å²) in [5.41, 5.74) is 0.615. The van der Waals surface area contributed by atoms with Gasteiger partial charge in [-0.1, -0.05) is 0 Å². The Morgan fingerprint density at radius 2 is 2.33 bits per heavy atom. The number of nitrogens with zero attached hydrogens (tertiary/aromatic N) is 4. The molecule has 8 nitrogen and oxygen atoms in total. The third-order valence-corrected chi connectivity index (χ3v) is 2.80. The van der Waals surface area contributed by atoms with Crippen LogP contribution < -0.4 is 4.74 Å². The van der Waals surface area contributed by atoms with Gasteiger partial charge in [-0.3, -0.25) is 0 Å². The van der Waals surface area contributed by atoms with E-state index in [0.29, 0.717) is 30.1 Å². The fraction of sp³-hybridized carbons (Fsp3) is 0.231. The van der Waals surface area contributed by atoms with Crippen molar-refractivity contribution < 1.29 is 19.1 Å². The summed E-state index contributed by atoms with van der Waals surface area (Å²) in [5.74, 6) is -0.493. The summed E-state index contributed by atoms with van der Waals surface area (Å²) >= 11 is 0. The number of rotatable bonds is 5. The van der Waals surface area contributed by atoms with Gasteiger partial charge in [0.15, 0.2) is 5.65 Å². The highest BCUT2D eigenvalue weighted by molar-refractivity contribution is 5.90. The smallest absolute Gasteiger partial charge is 0.360 e. The molecule has 0 spiro atoms. The predicted molar refractivity (Wildman–Crippen MR) is 71.3 cm³/mol. The van der Waals surface area contributed by atoms with Gasteiger partial charge in [-0.25, -0.2) is 14.5 Å². The molecular formula is C13H12N4O4. The van der Waals surface area contributed by atoms with E-state index in [0.717, 1.165) is 0 Å². The first-order chi connectivity index (χ1) is 10.2. The molecule has 1 N–H and O–H groups in total. The minimum absolute atomic E-state index is 0.0151. The van der Waals surface area contributed by atoms with E-state index in [1.807, 2.05) is 6.07 Å². The van der Waals surface area contributed by atoms with Crippen LogP contribution in [0, 0.1) is 0 Å². The Kier molecular flexibility index (Phi) is 3.27. The first-order valence-electron chi connectivity index (χ1n) is 6.31. The lowest BCUT2D eigenvalue weighted by molar-refractivity contribution is 0.0685. The molecule has 108 valence electrons. The third kappa shape index (κ3) is 2.42. The van der Waals surface area contributed by atoms with Crippen LogP contribution in [-0.4, -0.2) is 37.4 Å². The molecule has 0 radical (unpaired) electrons. The van der Waals surface area contributed by atoms with Crippen LogP contribution in [-0.2, 0) is 6.54 Å². The molecule has 21 heavy (non-hydrogen) atoms. The van der Waals surface area contributed by atoms with Crippen LogP contribution in [0.2, 0.25) is 0 Å². The van der Waals surface area contributed by atoms with Gasteiger partial charge < -0.3 is 14.3 Å². The van der Waals surface area contributed by atoms with Crippen molar-refractivity contribution in [2.75, 3.05) is 6.61 Å². The van der Waals surface area contributed by atoms with Crippen molar-refractivity contribution in [2.24, 2.45) is 0 Å². The first-order valence-corrected chi connectivity index (χ1v) is 6.31. The number of ether oxygens (including phenoxy) is 1. The Hall–Kier alpha value is -2.90. The minimum atomic E-state index is -1.19. The summed E-state index contributed by atoms with van der Waals surface area (Å²) in [7, 11) is 0. The third-order valence-electron chi connectivity index (χ3n) is 2.80. The van der Waals surface area contributed by atoms with Crippen molar-refractivity contribution in [1.29, 1.82) is 0 Å². The van der Waals surface area contributed by atoms with Crippen LogP contribution >= 0.6 is 0 Å². The van der Waals surface area contributed by atoms with Gasteiger partial charge in [-0.15, -0.1) is 0 Å². The number of carboxylic acids is 1. The molecule has 8 heteroatoms. The second kappa shape index (κ2) is 5.23. The molecule has 0 amide bonds. The van der Waals surface area contributed by atoms with Crippen LogP contribution in [0.4, 0.5) is 0 Å². The number of carbonyl (C=O) groups is 1. The standard InChI is InChI=1S/C13H12N4O4/c1-2-20-12-10(13(18)19)15-9-6-14-17(11(9)16-12)7-8-4-3-5-21-8/h3-6H,2,7H2,1H3,(H,18,19). The Balaban J connectivity index is 2.08. The molecule has 0 aliphatic rings.